The quantitative estimate of drug-likeness (QED) is 0.686. The highest BCUT2D eigenvalue weighted by atomic mass is 16.5. The zero-order valence-electron chi connectivity index (χ0n) is 15.3. The Bertz CT molecular complexity index is 926. The minimum atomic E-state index is -0.195. The van der Waals surface area contributed by atoms with E-state index in [4.69, 9.17) is 9.47 Å². The molecule has 3 aromatic heterocycles. The van der Waals surface area contributed by atoms with Crippen LogP contribution in [0.4, 0.5) is 0 Å². The lowest BCUT2D eigenvalue weighted by Crippen LogP contribution is -2.32. The van der Waals surface area contributed by atoms with Crippen LogP contribution in [0.1, 0.15) is 23.3 Å². The first-order valence-electron chi connectivity index (χ1n) is 9.14. The fraction of sp³-hybridized carbons (Fsp3) is 0.421. The van der Waals surface area contributed by atoms with Crippen molar-refractivity contribution >= 4 is 11.4 Å². The standard InChI is InChI=1S/C19H23N5O3/c1-26-10-8-23-12-15(21-13-23)18-22-17(16-6-2-3-7-24(16)18)19(25)20-11-14-5-4-9-27-14/h2-3,6-7,12-14H,4-5,8-11H2,1H3,(H,20,25). The average Bonchev–Trinajstić information content (AvgIpc) is 3.43. The van der Waals surface area contributed by atoms with Crippen LogP contribution in [-0.2, 0) is 16.0 Å². The summed E-state index contributed by atoms with van der Waals surface area (Å²) in [6, 6.07) is 5.70. The van der Waals surface area contributed by atoms with Crippen molar-refractivity contribution in [3.05, 3.63) is 42.6 Å². The zero-order valence-corrected chi connectivity index (χ0v) is 15.3. The summed E-state index contributed by atoms with van der Waals surface area (Å²) < 4.78 is 14.5. The molecule has 1 aliphatic rings. The molecule has 4 rings (SSSR count). The lowest BCUT2D eigenvalue weighted by atomic mass is 10.2. The molecule has 8 nitrogen and oxygen atoms in total. The van der Waals surface area contributed by atoms with E-state index in [2.05, 4.69) is 15.3 Å². The van der Waals surface area contributed by atoms with E-state index in [-0.39, 0.29) is 12.0 Å². The number of fused-ring (bicyclic) bond motifs is 1. The number of carbonyl (C=O) groups is 1. The van der Waals surface area contributed by atoms with Gasteiger partial charge in [-0.2, -0.15) is 0 Å². The van der Waals surface area contributed by atoms with Crippen molar-refractivity contribution in [2.45, 2.75) is 25.5 Å². The molecule has 1 N–H and O–H groups in total. The van der Waals surface area contributed by atoms with Crippen molar-refractivity contribution in [1.29, 1.82) is 0 Å². The van der Waals surface area contributed by atoms with Gasteiger partial charge in [-0.3, -0.25) is 9.20 Å². The topological polar surface area (TPSA) is 82.7 Å². The second-order valence-corrected chi connectivity index (χ2v) is 6.57. The number of amides is 1. The van der Waals surface area contributed by atoms with Gasteiger partial charge >= 0.3 is 0 Å². The molecule has 1 saturated heterocycles. The van der Waals surface area contributed by atoms with E-state index in [1.165, 1.54) is 0 Å². The molecule has 0 aromatic carbocycles. The number of ether oxygens (including phenoxy) is 2. The number of rotatable bonds is 7. The molecule has 8 heteroatoms. The van der Waals surface area contributed by atoms with E-state index in [0.29, 0.717) is 36.9 Å². The number of hydrogen-bond donors (Lipinski definition) is 1. The number of nitrogens with one attached hydrogen (secondary N) is 1. The van der Waals surface area contributed by atoms with Gasteiger partial charge in [0.25, 0.3) is 5.91 Å². The van der Waals surface area contributed by atoms with Crippen LogP contribution in [0.3, 0.4) is 0 Å². The maximum Gasteiger partial charge on any atom is 0.272 e. The second kappa shape index (κ2) is 7.89. The van der Waals surface area contributed by atoms with Gasteiger partial charge in [-0.1, -0.05) is 6.07 Å². The Kier molecular flexibility index (Phi) is 5.17. The maximum absolute atomic E-state index is 12.7. The molecule has 0 spiro atoms. The van der Waals surface area contributed by atoms with Gasteiger partial charge < -0.3 is 19.4 Å². The molecule has 1 amide bonds. The highest BCUT2D eigenvalue weighted by molar-refractivity contribution is 5.99. The summed E-state index contributed by atoms with van der Waals surface area (Å²) in [5, 5.41) is 2.95. The first-order chi connectivity index (χ1) is 13.3. The molecule has 1 fully saturated rings. The highest BCUT2D eigenvalue weighted by Gasteiger charge is 2.21. The van der Waals surface area contributed by atoms with Crippen LogP contribution >= 0.6 is 0 Å². The van der Waals surface area contributed by atoms with Crippen molar-refractivity contribution in [2.24, 2.45) is 0 Å². The Balaban J connectivity index is 1.60. The molecule has 0 saturated carbocycles. The molecule has 0 bridgehead atoms. The number of pyridine rings is 1. The Morgan fingerprint density at radius 2 is 2.37 bits per heavy atom. The van der Waals surface area contributed by atoms with Gasteiger partial charge in [-0.05, 0) is 25.0 Å². The third kappa shape index (κ3) is 3.72. The Labute approximate surface area is 157 Å². The molecular weight excluding hydrogens is 346 g/mol. The first kappa shape index (κ1) is 17.7. The molecule has 142 valence electrons. The van der Waals surface area contributed by atoms with Gasteiger partial charge in [-0.15, -0.1) is 0 Å². The monoisotopic (exact) mass is 369 g/mol. The smallest absolute Gasteiger partial charge is 0.272 e. The average molecular weight is 369 g/mol. The molecule has 3 aromatic rings. The largest absolute Gasteiger partial charge is 0.383 e. The van der Waals surface area contributed by atoms with Gasteiger partial charge in [0.15, 0.2) is 11.5 Å². The molecular formula is C19H23N5O3. The normalized spacial score (nSPS) is 16.9. The Hall–Kier alpha value is -2.71. The van der Waals surface area contributed by atoms with Crippen LogP contribution in [0.5, 0.6) is 0 Å². The van der Waals surface area contributed by atoms with Crippen molar-refractivity contribution in [2.75, 3.05) is 26.9 Å². The minimum absolute atomic E-state index is 0.0961. The molecule has 0 radical (unpaired) electrons. The van der Waals surface area contributed by atoms with Crippen LogP contribution < -0.4 is 5.32 Å². The summed E-state index contributed by atoms with van der Waals surface area (Å²) in [6.07, 6.45) is 7.67. The summed E-state index contributed by atoms with van der Waals surface area (Å²) in [7, 11) is 1.67. The van der Waals surface area contributed by atoms with E-state index >= 15 is 0 Å². The highest BCUT2D eigenvalue weighted by Crippen LogP contribution is 2.21. The van der Waals surface area contributed by atoms with Crippen molar-refractivity contribution < 1.29 is 14.3 Å². The molecule has 1 unspecified atom stereocenters. The van der Waals surface area contributed by atoms with E-state index in [1.54, 1.807) is 13.4 Å². The van der Waals surface area contributed by atoms with Gasteiger partial charge in [0.1, 0.15) is 5.69 Å². The van der Waals surface area contributed by atoms with E-state index in [9.17, 15) is 4.79 Å². The summed E-state index contributed by atoms with van der Waals surface area (Å²) >= 11 is 0. The van der Waals surface area contributed by atoms with Gasteiger partial charge in [0.05, 0.1) is 24.6 Å². The van der Waals surface area contributed by atoms with E-state index in [0.717, 1.165) is 25.0 Å². The fourth-order valence-corrected chi connectivity index (χ4v) is 3.28. The van der Waals surface area contributed by atoms with E-state index < -0.39 is 0 Å². The number of carbonyl (C=O) groups excluding carboxylic acids is 1. The molecule has 0 aliphatic carbocycles. The van der Waals surface area contributed by atoms with E-state index in [1.807, 2.05) is 39.6 Å². The van der Waals surface area contributed by atoms with Gasteiger partial charge in [0, 0.05) is 39.2 Å². The number of nitrogens with zero attached hydrogens (tertiary/aromatic N) is 4. The summed E-state index contributed by atoms with van der Waals surface area (Å²) in [6.45, 7) is 2.59. The molecule has 1 aliphatic heterocycles. The maximum atomic E-state index is 12.7. The van der Waals surface area contributed by atoms with Crippen LogP contribution in [0.2, 0.25) is 0 Å². The van der Waals surface area contributed by atoms with Crippen LogP contribution in [0.25, 0.3) is 17.0 Å². The third-order valence-corrected chi connectivity index (χ3v) is 4.69. The lowest BCUT2D eigenvalue weighted by Gasteiger charge is -2.09. The third-order valence-electron chi connectivity index (χ3n) is 4.69. The second-order valence-electron chi connectivity index (χ2n) is 6.57. The Morgan fingerprint density at radius 3 is 3.19 bits per heavy atom. The fourth-order valence-electron chi connectivity index (χ4n) is 3.28. The molecule has 4 heterocycles. The van der Waals surface area contributed by atoms with Crippen molar-refractivity contribution in [1.82, 2.24) is 24.3 Å². The lowest BCUT2D eigenvalue weighted by molar-refractivity contribution is 0.0855. The van der Waals surface area contributed by atoms with Gasteiger partial charge in [0.2, 0.25) is 0 Å². The SMILES string of the molecule is COCCn1cnc(-c2nc(C(=O)NCC3CCCO3)c3ccccn23)c1. The first-order valence-corrected chi connectivity index (χ1v) is 9.14. The minimum Gasteiger partial charge on any atom is -0.383 e. The van der Waals surface area contributed by atoms with Crippen LogP contribution in [0, 0.1) is 0 Å². The van der Waals surface area contributed by atoms with Crippen LogP contribution in [0.15, 0.2) is 36.9 Å². The number of hydrogen-bond acceptors (Lipinski definition) is 5. The van der Waals surface area contributed by atoms with Crippen LogP contribution in [-0.4, -0.2) is 57.8 Å². The number of methoxy groups -OCH3 is 1. The predicted octanol–water partition coefficient (Wildman–Crippen LogP) is 1.75. The Morgan fingerprint density at radius 1 is 1.44 bits per heavy atom. The number of aromatic nitrogens is 4. The van der Waals surface area contributed by atoms with Gasteiger partial charge in [-0.25, -0.2) is 9.97 Å². The summed E-state index contributed by atoms with van der Waals surface area (Å²) in [5.74, 6) is 0.447. The summed E-state index contributed by atoms with van der Waals surface area (Å²) in [5.41, 5.74) is 1.87. The molecule has 1 atom stereocenters. The van der Waals surface area contributed by atoms with Crippen molar-refractivity contribution in [3.8, 4) is 11.5 Å². The summed E-state index contributed by atoms with van der Waals surface area (Å²) in [4.78, 5) is 21.8. The molecule has 27 heavy (non-hydrogen) atoms. The van der Waals surface area contributed by atoms with Crippen molar-refractivity contribution in [3.63, 3.8) is 0 Å². The predicted molar refractivity (Wildman–Crippen MR) is 99.6 cm³/mol. The number of imidazole rings is 2. The zero-order chi connectivity index (χ0) is 18.6.